The molecule has 3 rings (SSSR count). The fourth-order valence-electron chi connectivity index (χ4n) is 3.46. The van der Waals surface area contributed by atoms with Gasteiger partial charge in [0.2, 0.25) is 15.9 Å². The fraction of sp³-hybridized carbons (Fsp3) is 0.476. The number of methoxy groups -OCH3 is 1. The van der Waals surface area contributed by atoms with Crippen molar-refractivity contribution < 1.29 is 17.9 Å². The van der Waals surface area contributed by atoms with Crippen molar-refractivity contribution in [2.24, 2.45) is 0 Å². The van der Waals surface area contributed by atoms with E-state index in [0.29, 0.717) is 36.1 Å². The molecule has 0 saturated carbocycles. The van der Waals surface area contributed by atoms with Gasteiger partial charge in [0.15, 0.2) is 5.16 Å². The minimum Gasteiger partial charge on any atom is -0.495 e. The molecule has 1 aromatic heterocycles. The molecule has 1 aromatic carbocycles. The summed E-state index contributed by atoms with van der Waals surface area (Å²) < 4.78 is 32.7. The van der Waals surface area contributed by atoms with Crippen LogP contribution in [0, 0.1) is 0 Å². The number of sulfonamides is 1. The zero-order valence-electron chi connectivity index (χ0n) is 18.2. The number of carbonyl (C=O) groups excluding carboxylic acids is 1. The van der Waals surface area contributed by atoms with Crippen LogP contribution in [-0.4, -0.2) is 54.6 Å². The zero-order valence-corrected chi connectivity index (χ0v) is 19.9. The van der Waals surface area contributed by atoms with E-state index in [4.69, 9.17) is 4.74 Å². The molecule has 0 bridgehead atoms. The number of aromatic amines is 1. The van der Waals surface area contributed by atoms with Gasteiger partial charge < -0.3 is 15.0 Å². The van der Waals surface area contributed by atoms with Crippen LogP contribution in [0.3, 0.4) is 0 Å². The third kappa shape index (κ3) is 6.11. The maximum Gasteiger partial charge on any atom is 0.251 e. The second kappa shape index (κ2) is 11.0. The van der Waals surface area contributed by atoms with Gasteiger partial charge in [-0.1, -0.05) is 31.5 Å². The first kappa shape index (κ1) is 24.3. The summed E-state index contributed by atoms with van der Waals surface area (Å²) in [6.07, 6.45) is 4.24. The second-order valence-electron chi connectivity index (χ2n) is 7.46. The van der Waals surface area contributed by atoms with Crippen molar-refractivity contribution in [1.29, 1.82) is 0 Å². The molecule has 0 radical (unpaired) electrons. The lowest BCUT2D eigenvalue weighted by atomic mass is 10.2. The van der Waals surface area contributed by atoms with Crippen LogP contribution < -0.4 is 15.6 Å². The van der Waals surface area contributed by atoms with Gasteiger partial charge in [0, 0.05) is 24.8 Å². The molecule has 1 saturated heterocycles. The van der Waals surface area contributed by atoms with Crippen LogP contribution in [-0.2, 0) is 21.2 Å². The number of aromatic nitrogens is 2. The Balaban J connectivity index is 1.72. The normalized spacial score (nSPS) is 14.8. The predicted molar refractivity (Wildman–Crippen MR) is 124 cm³/mol. The number of amides is 1. The Morgan fingerprint density at radius 1 is 1.25 bits per heavy atom. The van der Waals surface area contributed by atoms with Crippen LogP contribution in [0.1, 0.15) is 38.3 Å². The molecule has 1 aliphatic rings. The molecule has 2 heterocycles. The molecular weight excluding hydrogens is 452 g/mol. The fourth-order valence-corrected chi connectivity index (χ4v) is 5.69. The Bertz CT molecular complexity index is 1110. The van der Waals surface area contributed by atoms with Crippen LogP contribution in [0.2, 0.25) is 0 Å². The first-order chi connectivity index (χ1) is 15.3. The third-order valence-electron chi connectivity index (χ3n) is 5.02. The van der Waals surface area contributed by atoms with Gasteiger partial charge in [-0.3, -0.25) is 9.59 Å². The van der Waals surface area contributed by atoms with E-state index < -0.39 is 10.0 Å². The van der Waals surface area contributed by atoms with Crippen molar-refractivity contribution in [2.45, 2.75) is 49.1 Å². The molecular formula is C21H28N4O5S2. The highest BCUT2D eigenvalue weighted by Gasteiger charge is 2.27. The van der Waals surface area contributed by atoms with Crippen molar-refractivity contribution in [1.82, 2.24) is 14.3 Å². The molecule has 1 aliphatic heterocycles. The smallest absolute Gasteiger partial charge is 0.251 e. The van der Waals surface area contributed by atoms with Gasteiger partial charge in [-0.2, -0.15) is 4.31 Å². The Kier molecular flexibility index (Phi) is 8.32. The maximum absolute atomic E-state index is 13.0. The highest BCUT2D eigenvalue weighted by molar-refractivity contribution is 7.99. The first-order valence-corrected chi connectivity index (χ1v) is 13.0. The summed E-state index contributed by atoms with van der Waals surface area (Å²) in [5, 5.41) is 3.08. The van der Waals surface area contributed by atoms with E-state index >= 15 is 0 Å². The van der Waals surface area contributed by atoms with Crippen molar-refractivity contribution in [3.8, 4) is 5.75 Å². The number of nitrogens with one attached hydrogen (secondary N) is 2. The monoisotopic (exact) mass is 480 g/mol. The summed E-state index contributed by atoms with van der Waals surface area (Å²) in [6.45, 7) is 2.99. The van der Waals surface area contributed by atoms with Crippen LogP contribution in [0.5, 0.6) is 5.75 Å². The molecule has 2 N–H and O–H groups in total. The minimum atomic E-state index is -3.64. The van der Waals surface area contributed by atoms with Crippen molar-refractivity contribution in [3.63, 3.8) is 0 Å². The summed E-state index contributed by atoms with van der Waals surface area (Å²) in [5.41, 5.74) is 0.692. The quantitative estimate of drug-likeness (QED) is 0.418. The van der Waals surface area contributed by atoms with Gasteiger partial charge in [-0.15, -0.1) is 0 Å². The van der Waals surface area contributed by atoms with E-state index in [0.717, 1.165) is 37.4 Å². The van der Waals surface area contributed by atoms with Crippen LogP contribution in [0.15, 0.2) is 39.1 Å². The lowest BCUT2D eigenvalue weighted by Crippen LogP contribution is -2.35. The van der Waals surface area contributed by atoms with Crippen LogP contribution in [0.25, 0.3) is 0 Å². The van der Waals surface area contributed by atoms with Crippen LogP contribution >= 0.6 is 11.8 Å². The number of hydrogen-bond donors (Lipinski definition) is 2. The number of H-pyrrole nitrogens is 1. The minimum absolute atomic E-state index is 0.00915. The van der Waals surface area contributed by atoms with Crippen molar-refractivity contribution in [3.05, 3.63) is 40.3 Å². The number of nitrogens with zero attached hydrogens (tertiary/aromatic N) is 2. The summed E-state index contributed by atoms with van der Waals surface area (Å²) in [7, 11) is -2.19. The number of benzene rings is 1. The Labute approximate surface area is 192 Å². The van der Waals surface area contributed by atoms with Gasteiger partial charge in [0.05, 0.1) is 23.4 Å². The molecule has 11 heteroatoms. The van der Waals surface area contributed by atoms with E-state index in [2.05, 4.69) is 15.3 Å². The van der Waals surface area contributed by atoms with Gasteiger partial charge >= 0.3 is 0 Å². The third-order valence-corrected chi connectivity index (χ3v) is 7.78. The number of ether oxygens (including phenoxy) is 1. The standard InChI is InChI=1S/C21H28N4O5S2/c1-3-7-15-12-19(26)24-21(22-15)31-14-20(27)23-17-13-16(8-9-18(17)30-2)32(28,29)25-10-5-4-6-11-25/h8-9,12-13H,3-7,10-11,14H2,1-2H3,(H,23,27)(H,22,24,26). The van der Waals surface area contributed by atoms with Crippen molar-refractivity contribution >= 4 is 33.4 Å². The number of anilines is 1. The van der Waals surface area contributed by atoms with E-state index in [1.165, 1.54) is 35.7 Å². The Morgan fingerprint density at radius 2 is 2.00 bits per heavy atom. The van der Waals surface area contributed by atoms with E-state index in [-0.39, 0.29) is 27.8 Å². The van der Waals surface area contributed by atoms with E-state index in [9.17, 15) is 18.0 Å². The molecule has 1 fully saturated rings. The average Bonchev–Trinajstić information content (AvgIpc) is 2.78. The highest BCUT2D eigenvalue weighted by atomic mass is 32.2. The molecule has 32 heavy (non-hydrogen) atoms. The molecule has 0 unspecified atom stereocenters. The number of piperidine rings is 1. The van der Waals surface area contributed by atoms with Gasteiger partial charge in [0.25, 0.3) is 5.56 Å². The molecule has 0 aliphatic carbocycles. The molecule has 0 atom stereocenters. The van der Waals surface area contributed by atoms with Gasteiger partial charge in [-0.05, 0) is 37.5 Å². The number of hydrogen-bond acceptors (Lipinski definition) is 7. The summed E-state index contributed by atoms with van der Waals surface area (Å²) >= 11 is 1.10. The number of rotatable bonds is 9. The largest absolute Gasteiger partial charge is 0.495 e. The SMILES string of the molecule is CCCc1cc(=O)[nH]c(SCC(=O)Nc2cc(S(=O)(=O)N3CCCCC3)ccc2OC)n1. The highest BCUT2D eigenvalue weighted by Crippen LogP contribution is 2.30. The Morgan fingerprint density at radius 3 is 2.69 bits per heavy atom. The first-order valence-electron chi connectivity index (χ1n) is 10.5. The lowest BCUT2D eigenvalue weighted by molar-refractivity contribution is -0.113. The van der Waals surface area contributed by atoms with Gasteiger partial charge in [-0.25, -0.2) is 13.4 Å². The molecule has 9 nitrogen and oxygen atoms in total. The summed E-state index contributed by atoms with van der Waals surface area (Å²) in [6, 6.07) is 5.90. The van der Waals surface area contributed by atoms with E-state index in [1.54, 1.807) is 0 Å². The number of carbonyl (C=O) groups is 1. The summed E-state index contributed by atoms with van der Waals surface area (Å²) in [5.74, 6) is -0.0214. The molecule has 2 aromatic rings. The topological polar surface area (TPSA) is 121 Å². The Hall–Kier alpha value is -2.37. The summed E-state index contributed by atoms with van der Waals surface area (Å²) in [4.78, 5) is 31.4. The van der Waals surface area contributed by atoms with Gasteiger partial charge in [0.1, 0.15) is 5.75 Å². The molecule has 0 spiro atoms. The zero-order chi connectivity index (χ0) is 23.1. The lowest BCUT2D eigenvalue weighted by Gasteiger charge is -2.26. The second-order valence-corrected chi connectivity index (χ2v) is 10.4. The molecule has 174 valence electrons. The average molecular weight is 481 g/mol. The van der Waals surface area contributed by atoms with E-state index in [1.807, 2.05) is 6.92 Å². The van der Waals surface area contributed by atoms with Crippen molar-refractivity contribution in [2.75, 3.05) is 31.3 Å². The van der Waals surface area contributed by atoms with Crippen LogP contribution in [0.4, 0.5) is 5.69 Å². The predicted octanol–water partition coefficient (Wildman–Crippen LogP) is 2.64. The number of thioether (sulfide) groups is 1. The molecule has 1 amide bonds. The maximum atomic E-state index is 13.0. The number of aryl methyl sites for hydroxylation is 1.